The maximum Gasteiger partial charge on any atom is 0.339 e. The van der Waals surface area contributed by atoms with Crippen LogP contribution in [0.1, 0.15) is 38.3 Å². The van der Waals surface area contributed by atoms with E-state index in [4.69, 9.17) is 8.84 Å². The van der Waals surface area contributed by atoms with Crippen LogP contribution < -0.4 is 10.1 Å². The van der Waals surface area contributed by atoms with Gasteiger partial charge in [0.1, 0.15) is 11.3 Å². The largest absolute Gasteiger partial charge is 0.543 e. The lowest BCUT2D eigenvalue weighted by Crippen LogP contribution is -2.43. The molecule has 0 N–H and O–H groups in total. The Morgan fingerprint density at radius 1 is 1.15 bits per heavy atom. The van der Waals surface area contributed by atoms with E-state index in [0.29, 0.717) is 5.58 Å². The van der Waals surface area contributed by atoms with Gasteiger partial charge in [-0.25, -0.2) is 4.79 Å². The highest BCUT2D eigenvalue weighted by Crippen LogP contribution is 2.51. The van der Waals surface area contributed by atoms with Gasteiger partial charge in [0, 0.05) is 34.9 Å². The van der Waals surface area contributed by atoms with Crippen LogP contribution in [0, 0.1) is 0 Å². The van der Waals surface area contributed by atoms with Crippen molar-refractivity contribution in [1.29, 1.82) is 0 Å². The van der Waals surface area contributed by atoms with E-state index in [1.807, 2.05) is 35.7 Å². The van der Waals surface area contributed by atoms with Gasteiger partial charge >= 0.3 is 5.63 Å². The van der Waals surface area contributed by atoms with Crippen molar-refractivity contribution in [1.82, 2.24) is 0 Å². The molecule has 3 nitrogen and oxygen atoms in total. The van der Waals surface area contributed by atoms with Gasteiger partial charge in [-0.1, -0.05) is 20.8 Å². The molecule has 1 spiro atoms. The lowest BCUT2D eigenvalue weighted by atomic mass is 9.90. The van der Waals surface area contributed by atoms with E-state index < -0.39 is 8.32 Å². The maximum absolute atomic E-state index is 12.8. The minimum atomic E-state index is -1.92. The first-order valence-electron chi connectivity index (χ1n) is 9.66. The van der Waals surface area contributed by atoms with Gasteiger partial charge in [0.2, 0.25) is 8.32 Å². The maximum atomic E-state index is 12.8. The van der Waals surface area contributed by atoms with Crippen molar-refractivity contribution in [2.75, 3.05) is 11.5 Å². The van der Waals surface area contributed by atoms with Gasteiger partial charge in [0.15, 0.2) is 0 Å². The molecule has 0 saturated carbocycles. The zero-order chi connectivity index (χ0) is 19.4. The summed E-state index contributed by atoms with van der Waals surface area (Å²) >= 11 is 4.04. The SMILES string of the molecule is CC(C)(C)[Si](C)(C)Oc1ccc2c3c(c(=O)oc2c1)CC1(CC3)SCCS1. The van der Waals surface area contributed by atoms with E-state index in [0.717, 1.165) is 36.0 Å². The molecule has 2 aliphatic rings. The lowest BCUT2D eigenvalue weighted by molar-refractivity contribution is 0.488. The topological polar surface area (TPSA) is 39.4 Å². The van der Waals surface area contributed by atoms with Crippen molar-refractivity contribution in [2.45, 2.75) is 62.2 Å². The summed E-state index contributed by atoms with van der Waals surface area (Å²) in [4.78, 5) is 12.8. The number of hydrogen-bond donors (Lipinski definition) is 0. The molecule has 27 heavy (non-hydrogen) atoms. The van der Waals surface area contributed by atoms with E-state index in [1.165, 1.54) is 17.1 Å². The van der Waals surface area contributed by atoms with Crippen molar-refractivity contribution in [3.63, 3.8) is 0 Å². The monoisotopic (exact) mass is 420 g/mol. The molecule has 1 aliphatic carbocycles. The summed E-state index contributed by atoms with van der Waals surface area (Å²) < 4.78 is 12.4. The van der Waals surface area contributed by atoms with Gasteiger partial charge in [0.05, 0.1) is 4.08 Å². The van der Waals surface area contributed by atoms with Gasteiger partial charge < -0.3 is 8.84 Å². The van der Waals surface area contributed by atoms with Crippen LogP contribution in [0.15, 0.2) is 27.4 Å². The fraction of sp³-hybridized carbons (Fsp3) is 0.571. The molecular weight excluding hydrogens is 392 g/mol. The zero-order valence-corrected chi connectivity index (χ0v) is 19.4. The molecule has 1 aromatic heterocycles. The van der Waals surface area contributed by atoms with E-state index in [1.54, 1.807) is 0 Å². The lowest BCUT2D eigenvalue weighted by Gasteiger charge is -2.36. The quantitative estimate of drug-likeness (QED) is 0.451. The Bertz CT molecular complexity index is 937. The smallest absolute Gasteiger partial charge is 0.339 e. The van der Waals surface area contributed by atoms with Crippen molar-refractivity contribution in [2.24, 2.45) is 0 Å². The van der Waals surface area contributed by atoms with Crippen LogP contribution in [0.2, 0.25) is 18.1 Å². The molecule has 0 bridgehead atoms. The van der Waals surface area contributed by atoms with Crippen molar-refractivity contribution >= 4 is 42.8 Å². The third-order valence-electron chi connectivity index (χ3n) is 6.29. The molecule has 0 unspecified atom stereocenters. The number of thioether (sulfide) groups is 2. The zero-order valence-electron chi connectivity index (χ0n) is 16.8. The first-order chi connectivity index (χ1) is 12.6. The highest BCUT2D eigenvalue weighted by atomic mass is 32.2. The van der Waals surface area contributed by atoms with Crippen molar-refractivity contribution in [3.05, 3.63) is 39.7 Å². The van der Waals surface area contributed by atoms with E-state index in [9.17, 15) is 4.79 Å². The molecule has 2 heterocycles. The molecule has 0 amide bonds. The molecule has 0 radical (unpaired) electrons. The van der Waals surface area contributed by atoms with E-state index >= 15 is 0 Å². The highest BCUT2D eigenvalue weighted by Gasteiger charge is 2.41. The Hall–Kier alpha value is -0.853. The summed E-state index contributed by atoms with van der Waals surface area (Å²) in [6.07, 6.45) is 2.92. The van der Waals surface area contributed by atoms with E-state index in [2.05, 4.69) is 39.9 Å². The van der Waals surface area contributed by atoms with Crippen LogP contribution in [0.5, 0.6) is 5.75 Å². The first-order valence-corrected chi connectivity index (χ1v) is 14.5. The van der Waals surface area contributed by atoms with E-state index in [-0.39, 0.29) is 14.7 Å². The second-order valence-corrected chi connectivity index (χ2v) is 17.1. The van der Waals surface area contributed by atoms with Gasteiger partial charge in [-0.3, -0.25) is 0 Å². The molecule has 1 saturated heterocycles. The summed E-state index contributed by atoms with van der Waals surface area (Å²) in [5.41, 5.74) is 2.60. The average molecular weight is 421 g/mol. The number of fused-ring (bicyclic) bond motifs is 3. The Labute approximate surface area is 170 Å². The minimum absolute atomic E-state index is 0.129. The Balaban J connectivity index is 1.72. The predicted octanol–water partition coefficient (Wildman–Crippen LogP) is 5.84. The summed E-state index contributed by atoms with van der Waals surface area (Å²) in [5.74, 6) is 3.19. The molecular formula is C21H28O3S2Si. The van der Waals surface area contributed by atoms with Crippen LogP contribution in [0.3, 0.4) is 0 Å². The minimum Gasteiger partial charge on any atom is -0.543 e. The number of aryl methyl sites for hydroxylation is 1. The van der Waals surface area contributed by atoms with Crippen LogP contribution in [0.25, 0.3) is 11.0 Å². The number of benzene rings is 1. The van der Waals surface area contributed by atoms with Gasteiger partial charge in [0.25, 0.3) is 0 Å². The second-order valence-electron chi connectivity index (χ2n) is 9.15. The number of hydrogen-bond acceptors (Lipinski definition) is 5. The standard InChI is InChI=1S/C21H28O3S2Si/c1-20(2,3)27(4,5)24-14-6-7-16-15-8-9-21(25-10-11-26-21)13-17(15)19(22)23-18(16)12-14/h6-7,12H,8-11,13H2,1-5H3. The van der Waals surface area contributed by atoms with Crippen LogP contribution in [-0.4, -0.2) is 23.9 Å². The third-order valence-corrected chi connectivity index (χ3v) is 14.2. The van der Waals surface area contributed by atoms with Crippen LogP contribution in [0.4, 0.5) is 0 Å². The molecule has 1 aliphatic heterocycles. The van der Waals surface area contributed by atoms with Crippen molar-refractivity contribution < 1.29 is 8.84 Å². The molecule has 1 aromatic carbocycles. The average Bonchev–Trinajstić information content (AvgIpc) is 3.01. The third kappa shape index (κ3) is 3.49. The van der Waals surface area contributed by atoms with Gasteiger partial charge in [-0.15, -0.1) is 23.5 Å². The summed E-state index contributed by atoms with van der Waals surface area (Å²) in [7, 11) is -1.92. The normalized spacial score (nSPS) is 19.4. The Morgan fingerprint density at radius 2 is 1.85 bits per heavy atom. The predicted molar refractivity (Wildman–Crippen MR) is 120 cm³/mol. The summed E-state index contributed by atoms with van der Waals surface area (Å²) in [5, 5.41) is 1.21. The Kier molecular flexibility index (Phi) is 4.75. The molecule has 4 rings (SSSR count). The summed E-state index contributed by atoms with van der Waals surface area (Å²) in [6, 6.07) is 6.06. The molecule has 146 valence electrons. The first kappa shape index (κ1) is 19.5. The molecule has 2 aromatic rings. The van der Waals surface area contributed by atoms with Gasteiger partial charge in [-0.05, 0) is 48.7 Å². The highest BCUT2D eigenvalue weighted by molar-refractivity contribution is 8.21. The van der Waals surface area contributed by atoms with Gasteiger partial charge in [-0.2, -0.15) is 0 Å². The fourth-order valence-electron chi connectivity index (χ4n) is 3.68. The molecule has 0 atom stereocenters. The summed E-state index contributed by atoms with van der Waals surface area (Å²) in [6.45, 7) is 11.1. The Morgan fingerprint density at radius 3 is 2.52 bits per heavy atom. The van der Waals surface area contributed by atoms with Crippen LogP contribution >= 0.6 is 23.5 Å². The number of rotatable bonds is 2. The van der Waals surface area contributed by atoms with Crippen LogP contribution in [-0.2, 0) is 12.8 Å². The second kappa shape index (κ2) is 6.60. The van der Waals surface area contributed by atoms with Crippen molar-refractivity contribution in [3.8, 4) is 5.75 Å². The fourth-order valence-corrected chi connectivity index (χ4v) is 7.93. The molecule has 6 heteroatoms. The molecule has 1 fully saturated rings.